The van der Waals surface area contributed by atoms with Gasteiger partial charge in [0, 0.05) is 24.2 Å². The van der Waals surface area contributed by atoms with E-state index >= 15 is 0 Å². The van der Waals surface area contributed by atoms with Crippen molar-refractivity contribution in [3.63, 3.8) is 0 Å². The van der Waals surface area contributed by atoms with E-state index in [2.05, 4.69) is 9.97 Å². The molecule has 30 heavy (non-hydrogen) atoms. The van der Waals surface area contributed by atoms with Crippen LogP contribution in [0.4, 0.5) is 4.79 Å². The van der Waals surface area contributed by atoms with E-state index in [9.17, 15) is 9.59 Å². The molecule has 2 aliphatic heterocycles. The van der Waals surface area contributed by atoms with Crippen LogP contribution in [0.15, 0.2) is 36.5 Å². The van der Waals surface area contributed by atoms with Gasteiger partial charge in [-0.05, 0) is 31.2 Å². The lowest BCUT2D eigenvalue weighted by Crippen LogP contribution is -2.48. The first-order valence-corrected chi connectivity index (χ1v) is 10.1. The maximum Gasteiger partial charge on any atom is 0.410 e. The summed E-state index contributed by atoms with van der Waals surface area (Å²) in [6, 6.07) is 9.78. The maximum absolute atomic E-state index is 13.1. The summed E-state index contributed by atoms with van der Waals surface area (Å²) in [6.45, 7) is 0.248. The summed E-state index contributed by atoms with van der Waals surface area (Å²) in [5.74, 6) is -0.0424. The van der Waals surface area contributed by atoms with Gasteiger partial charge in [0.1, 0.15) is 6.61 Å². The summed E-state index contributed by atoms with van der Waals surface area (Å²) in [4.78, 5) is 35.9. The second-order valence-corrected chi connectivity index (χ2v) is 7.64. The van der Waals surface area contributed by atoms with Gasteiger partial charge in [-0.15, -0.1) is 0 Å². The smallest absolute Gasteiger partial charge is 0.410 e. The molecule has 0 radical (unpaired) electrons. The van der Waals surface area contributed by atoms with E-state index in [1.807, 2.05) is 35.2 Å². The van der Waals surface area contributed by atoms with E-state index in [0.29, 0.717) is 18.4 Å². The van der Waals surface area contributed by atoms with Crippen LogP contribution in [-0.4, -0.2) is 53.0 Å². The summed E-state index contributed by atoms with van der Waals surface area (Å²) in [6.07, 6.45) is 4.12. The number of benzene rings is 1. The van der Waals surface area contributed by atoms with Gasteiger partial charge in [0.05, 0.1) is 19.8 Å². The number of nitrogens with zero attached hydrogens (tertiary/aromatic N) is 3. The van der Waals surface area contributed by atoms with E-state index in [1.54, 1.807) is 0 Å². The summed E-state index contributed by atoms with van der Waals surface area (Å²) >= 11 is 0. The largest absolute Gasteiger partial charge is 0.480 e. The fourth-order valence-corrected chi connectivity index (χ4v) is 4.48. The molecule has 0 N–H and O–H groups in total. The van der Waals surface area contributed by atoms with E-state index in [1.165, 1.54) is 20.4 Å². The van der Waals surface area contributed by atoms with E-state index < -0.39 is 0 Å². The molecule has 2 bridgehead atoms. The van der Waals surface area contributed by atoms with Gasteiger partial charge in [-0.2, -0.15) is 4.98 Å². The first-order valence-electron chi connectivity index (χ1n) is 10.1. The third-order valence-corrected chi connectivity index (χ3v) is 5.89. The number of ether oxygens (including phenoxy) is 3. The van der Waals surface area contributed by atoms with E-state index in [-0.39, 0.29) is 48.4 Å². The molecule has 158 valence electrons. The SMILES string of the molecule is COc1ncc(C(=O)C2CC3CCC(C2)N3C(=O)OCc2ccccc2)c(OC)n1. The van der Waals surface area contributed by atoms with Crippen molar-refractivity contribution in [2.45, 2.75) is 44.4 Å². The van der Waals surface area contributed by atoms with Crippen molar-refractivity contribution in [2.24, 2.45) is 5.92 Å². The molecule has 1 aromatic heterocycles. The summed E-state index contributed by atoms with van der Waals surface area (Å²) < 4.78 is 15.8. The van der Waals surface area contributed by atoms with Crippen molar-refractivity contribution in [2.75, 3.05) is 14.2 Å². The molecule has 1 aromatic carbocycles. The number of piperidine rings is 1. The molecular weight excluding hydrogens is 386 g/mol. The van der Waals surface area contributed by atoms with Crippen LogP contribution in [0.5, 0.6) is 11.9 Å². The number of carbonyl (C=O) groups excluding carboxylic acids is 2. The number of aromatic nitrogens is 2. The topological polar surface area (TPSA) is 90.9 Å². The Hall–Kier alpha value is -3.16. The fraction of sp³-hybridized carbons (Fsp3) is 0.455. The average molecular weight is 411 g/mol. The fourth-order valence-electron chi connectivity index (χ4n) is 4.48. The Morgan fingerprint density at radius 1 is 1.07 bits per heavy atom. The number of amides is 1. The minimum Gasteiger partial charge on any atom is -0.480 e. The quantitative estimate of drug-likeness (QED) is 0.674. The third kappa shape index (κ3) is 3.94. The summed E-state index contributed by atoms with van der Waals surface area (Å²) in [5.41, 5.74) is 1.30. The van der Waals surface area contributed by atoms with E-state index in [4.69, 9.17) is 14.2 Å². The molecule has 2 aliphatic rings. The molecule has 3 heterocycles. The summed E-state index contributed by atoms with van der Waals surface area (Å²) in [7, 11) is 2.92. The van der Waals surface area contributed by atoms with Crippen molar-refractivity contribution in [1.82, 2.24) is 14.9 Å². The Labute approximate surface area is 175 Å². The third-order valence-electron chi connectivity index (χ3n) is 5.89. The first kappa shape index (κ1) is 20.1. The number of carbonyl (C=O) groups is 2. The number of ketones is 1. The number of hydrogen-bond acceptors (Lipinski definition) is 7. The molecule has 2 aromatic rings. The van der Waals surface area contributed by atoms with Crippen molar-refractivity contribution < 1.29 is 23.8 Å². The molecule has 8 nitrogen and oxygen atoms in total. The first-order chi connectivity index (χ1) is 14.6. The molecule has 8 heteroatoms. The van der Waals surface area contributed by atoms with Crippen molar-refractivity contribution in [3.05, 3.63) is 47.7 Å². The van der Waals surface area contributed by atoms with Crippen LogP contribution >= 0.6 is 0 Å². The lowest BCUT2D eigenvalue weighted by atomic mass is 9.85. The van der Waals surface area contributed by atoms with Gasteiger partial charge >= 0.3 is 12.1 Å². The number of hydrogen-bond donors (Lipinski definition) is 0. The second kappa shape index (κ2) is 8.69. The molecule has 2 fully saturated rings. The van der Waals surface area contributed by atoms with Crippen molar-refractivity contribution in [1.29, 1.82) is 0 Å². The Morgan fingerprint density at radius 2 is 1.77 bits per heavy atom. The van der Waals surface area contributed by atoms with Gasteiger partial charge < -0.3 is 19.1 Å². The highest BCUT2D eigenvalue weighted by molar-refractivity contribution is 5.99. The predicted octanol–water partition coefficient (Wildman–Crippen LogP) is 3.26. The van der Waals surface area contributed by atoms with Crippen LogP contribution in [0.2, 0.25) is 0 Å². The van der Waals surface area contributed by atoms with Gasteiger partial charge in [0.25, 0.3) is 0 Å². The molecule has 2 unspecified atom stereocenters. The highest BCUT2D eigenvalue weighted by Crippen LogP contribution is 2.41. The normalized spacial score (nSPS) is 22.5. The highest BCUT2D eigenvalue weighted by Gasteiger charge is 2.46. The molecule has 4 rings (SSSR count). The Bertz CT molecular complexity index is 906. The predicted molar refractivity (Wildman–Crippen MR) is 107 cm³/mol. The van der Waals surface area contributed by atoms with Crippen LogP contribution in [0.1, 0.15) is 41.6 Å². The Morgan fingerprint density at radius 3 is 2.40 bits per heavy atom. The monoisotopic (exact) mass is 411 g/mol. The zero-order chi connectivity index (χ0) is 21.1. The standard InChI is InChI=1S/C22H25N3O5/c1-28-20-18(12-23-21(24-20)29-2)19(26)15-10-16-8-9-17(11-15)25(16)22(27)30-13-14-6-4-3-5-7-14/h3-7,12,15-17H,8-11,13H2,1-2H3. The minimum absolute atomic E-state index is 0.00568. The van der Waals surface area contributed by atoms with Crippen molar-refractivity contribution >= 4 is 11.9 Å². The molecule has 0 spiro atoms. The van der Waals surface area contributed by atoms with E-state index in [0.717, 1.165) is 18.4 Å². The molecule has 0 aliphatic carbocycles. The van der Waals surface area contributed by atoms with Crippen LogP contribution in [-0.2, 0) is 11.3 Å². The molecule has 0 saturated carbocycles. The second-order valence-electron chi connectivity index (χ2n) is 7.64. The summed E-state index contributed by atoms with van der Waals surface area (Å²) in [5, 5.41) is 0. The average Bonchev–Trinajstić information content (AvgIpc) is 3.06. The molecule has 1 amide bonds. The zero-order valence-electron chi connectivity index (χ0n) is 17.1. The number of fused-ring (bicyclic) bond motifs is 2. The number of methoxy groups -OCH3 is 2. The zero-order valence-corrected chi connectivity index (χ0v) is 17.1. The highest BCUT2D eigenvalue weighted by atomic mass is 16.6. The van der Waals surface area contributed by atoms with Crippen LogP contribution in [0.3, 0.4) is 0 Å². The lowest BCUT2D eigenvalue weighted by molar-refractivity contribution is 0.0483. The Kier molecular flexibility index (Phi) is 5.83. The number of rotatable bonds is 6. The lowest BCUT2D eigenvalue weighted by Gasteiger charge is -2.37. The molecule has 2 atom stereocenters. The van der Waals surface area contributed by atoms with Crippen LogP contribution in [0, 0.1) is 5.92 Å². The minimum atomic E-state index is -0.303. The van der Waals surface area contributed by atoms with Gasteiger partial charge in [-0.3, -0.25) is 4.79 Å². The molecule has 2 saturated heterocycles. The van der Waals surface area contributed by atoms with Gasteiger partial charge in [-0.25, -0.2) is 9.78 Å². The number of Topliss-reactive ketones (excluding diaryl/α,β-unsaturated/α-hetero) is 1. The van der Waals surface area contributed by atoms with Gasteiger partial charge in [0.15, 0.2) is 5.78 Å². The van der Waals surface area contributed by atoms with Gasteiger partial charge in [-0.1, -0.05) is 30.3 Å². The van der Waals surface area contributed by atoms with Crippen LogP contribution < -0.4 is 9.47 Å². The molecular formula is C22H25N3O5. The van der Waals surface area contributed by atoms with Crippen molar-refractivity contribution in [3.8, 4) is 11.9 Å². The van der Waals surface area contributed by atoms with Crippen LogP contribution in [0.25, 0.3) is 0 Å². The Balaban J connectivity index is 1.42. The maximum atomic E-state index is 13.1. The van der Waals surface area contributed by atoms with Gasteiger partial charge in [0.2, 0.25) is 5.88 Å².